The summed E-state index contributed by atoms with van der Waals surface area (Å²) < 4.78 is 0. The fraction of sp³-hybridized carbons (Fsp3) is 0.200. The number of nitrogen functional groups attached to an aromatic ring is 1. The molecule has 0 aliphatic carbocycles. The van der Waals surface area contributed by atoms with Crippen LogP contribution >= 0.6 is 11.8 Å². The highest BCUT2D eigenvalue weighted by Crippen LogP contribution is 2.23. The maximum absolute atomic E-state index is 11.3. The predicted molar refractivity (Wildman–Crippen MR) is 59.5 cm³/mol. The van der Waals surface area contributed by atoms with Gasteiger partial charge in [-0.3, -0.25) is 14.9 Å². The molecule has 1 aliphatic heterocycles. The third kappa shape index (κ3) is 2.30. The third-order valence-corrected chi connectivity index (χ3v) is 3.12. The van der Waals surface area contributed by atoms with Gasteiger partial charge in [-0.2, -0.15) is 0 Å². The molecule has 4 nitrogen and oxygen atoms in total. The van der Waals surface area contributed by atoms with E-state index in [4.69, 9.17) is 5.73 Å². The molecule has 0 unspecified atom stereocenters. The van der Waals surface area contributed by atoms with Crippen LogP contribution in [0.15, 0.2) is 24.3 Å². The van der Waals surface area contributed by atoms with E-state index in [2.05, 4.69) is 5.32 Å². The Morgan fingerprint density at radius 1 is 1.40 bits per heavy atom. The Morgan fingerprint density at radius 2 is 2.20 bits per heavy atom. The number of nitrogens with one attached hydrogen (secondary N) is 1. The highest BCUT2D eigenvalue weighted by atomic mass is 32.2. The summed E-state index contributed by atoms with van der Waals surface area (Å²) in [5, 5.41) is 1.67. The first-order chi connectivity index (χ1) is 7.15. The van der Waals surface area contributed by atoms with Crippen LogP contribution in [0.2, 0.25) is 0 Å². The first kappa shape index (κ1) is 10.0. The number of benzene rings is 1. The second kappa shape index (κ2) is 3.94. The average Bonchev–Trinajstić information content (AvgIpc) is 2.45. The zero-order valence-electron chi connectivity index (χ0n) is 7.90. The Bertz CT molecular complexity index is 420. The molecule has 0 aromatic heterocycles. The normalized spacial score (nSPS) is 20.4. The second-order valence-electron chi connectivity index (χ2n) is 3.33. The van der Waals surface area contributed by atoms with Gasteiger partial charge < -0.3 is 5.73 Å². The first-order valence-corrected chi connectivity index (χ1v) is 5.39. The van der Waals surface area contributed by atoms with Gasteiger partial charge in [-0.05, 0) is 24.1 Å². The fourth-order valence-electron chi connectivity index (χ4n) is 1.46. The molecule has 78 valence electrons. The van der Waals surface area contributed by atoms with Crippen LogP contribution in [0.1, 0.15) is 5.56 Å². The highest BCUT2D eigenvalue weighted by molar-refractivity contribution is 8.15. The molecule has 1 aliphatic rings. The van der Waals surface area contributed by atoms with Gasteiger partial charge in [0.05, 0.1) is 5.25 Å². The molecule has 0 saturated carbocycles. The standard InChI is InChI=1S/C10H10N2O2S/c11-7-3-1-2-6(4-7)5-8-9(13)12-10(14)15-8/h1-4,8H,5,11H2,(H,12,13,14)/t8-/m0/s1. The van der Waals surface area contributed by atoms with E-state index in [1.165, 1.54) is 0 Å². The zero-order valence-corrected chi connectivity index (χ0v) is 8.71. The van der Waals surface area contributed by atoms with Gasteiger partial charge in [0.2, 0.25) is 5.91 Å². The van der Waals surface area contributed by atoms with E-state index in [-0.39, 0.29) is 16.4 Å². The summed E-state index contributed by atoms with van der Waals surface area (Å²) in [4.78, 5) is 22.2. The van der Waals surface area contributed by atoms with Crippen molar-refractivity contribution in [2.45, 2.75) is 11.7 Å². The molecule has 0 radical (unpaired) electrons. The van der Waals surface area contributed by atoms with Crippen LogP contribution in [-0.2, 0) is 11.2 Å². The third-order valence-electron chi connectivity index (χ3n) is 2.14. The largest absolute Gasteiger partial charge is 0.399 e. The zero-order chi connectivity index (χ0) is 10.8. The lowest BCUT2D eigenvalue weighted by atomic mass is 10.1. The van der Waals surface area contributed by atoms with Gasteiger partial charge in [-0.1, -0.05) is 23.9 Å². The Balaban J connectivity index is 2.09. The van der Waals surface area contributed by atoms with Crippen molar-refractivity contribution in [1.29, 1.82) is 0 Å². The lowest BCUT2D eigenvalue weighted by molar-refractivity contribution is -0.118. The number of carbonyl (C=O) groups excluding carboxylic acids is 2. The number of anilines is 1. The number of hydrogen-bond acceptors (Lipinski definition) is 4. The van der Waals surface area contributed by atoms with Crippen LogP contribution < -0.4 is 11.1 Å². The molecule has 1 heterocycles. The molecule has 0 spiro atoms. The monoisotopic (exact) mass is 222 g/mol. The van der Waals surface area contributed by atoms with Crippen LogP contribution in [0.5, 0.6) is 0 Å². The lowest BCUT2D eigenvalue weighted by Gasteiger charge is -2.05. The number of imide groups is 1. The van der Waals surface area contributed by atoms with Crippen LogP contribution in [0.3, 0.4) is 0 Å². The molecule has 3 N–H and O–H groups in total. The summed E-state index contributed by atoms with van der Waals surface area (Å²) in [6.07, 6.45) is 0.535. The topological polar surface area (TPSA) is 72.2 Å². The maximum atomic E-state index is 11.3. The summed E-state index contributed by atoms with van der Waals surface area (Å²) in [7, 11) is 0. The summed E-state index contributed by atoms with van der Waals surface area (Å²) in [5.74, 6) is -0.215. The van der Waals surface area contributed by atoms with Crippen molar-refractivity contribution in [1.82, 2.24) is 5.32 Å². The van der Waals surface area contributed by atoms with E-state index in [9.17, 15) is 9.59 Å². The minimum Gasteiger partial charge on any atom is -0.399 e. The molecule has 2 amide bonds. The van der Waals surface area contributed by atoms with Crippen LogP contribution in [0.25, 0.3) is 0 Å². The smallest absolute Gasteiger partial charge is 0.286 e. The Morgan fingerprint density at radius 3 is 2.80 bits per heavy atom. The van der Waals surface area contributed by atoms with Crippen molar-refractivity contribution < 1.29 is 9.59 Å². The molecule has 1 fully saturated rings. The second-order valence-corrected chi connectivity index (χ2v) is 4.51. The van der Waals surface area contributed by atoms with Gasteiger partial charge >= 0.3 is 0 Å². The van der Waals surface area contributed by atoms with Crippen molar-refractivity contribution in [2.75, 3.05) is 5.73 Å². The van der Waals surface area contributed by atoms with Gasteiger partial charge in [0.1, 0.15) is 0 Å². The molecule has 0 bridgehead atoms. The van der Waals surface area contributed by atoms with E-state index < -0.39 is 0 Å². The summed E-state index contributed by atoms with van der Waals surface area (Å²) in [5.41, 5.74) is 7.26. The van der Waals surface area contributed by atoms with E-state index in [0.29, 0.717) is 12.1 Å². The van der Waals surface area contributed by atoms with E-state index >= 15 is 0 Å². The molecule has 15 heavy (non-hydrogen) atoms. The van der Waals surface area contributed by atoms with Crippen molar-refractivity contribution in [2.24, 2.45) is 0 Å². The Kier molecular flexibility index (Phi) is 2.64. The predicted octanol–water partition coefficient (Wildman–Crippen LogP) is 1.16. The molecule has 1 aromatic rings. The summed E-state index contributed by atoms with van der Waals surface area (Å²) >= 11 is 1.03. The lowest BCUT2D eigenvalue weighted by Crippen LogP contribution is -2.25. The fourth-order valence-corrected chi connectivity index (χ4v) is 2.32. The minimum absolute atomic E-state index is 0.215. The minimum atomic E-state index is -0.320. The van der Waals surface area contributed by atoms with Crippen LogP contribution in [0, 0.1) is 0 Å². The summed E-state index contributed by atoms with van der Waals surface area (Å²) in [6, 6.07) is 7.34. The quantitative estimate of drug-likeness (QED) is 0.737. The molecule has 2 rings (SSSR count). The van der Waals surface area contributed by atoms with Crippen molar-refractivity contribution in [3.8, 4) is 0 Å². The molecular formula is C10H10N2O2S. The van der Waals surface area contributed by atoms with Gasteiger partial charge in [-0.15, -0.1) is 0 Å². The van der Waals surface area contributed by atoms with E-state index in [1.54, 1.807) is 6.07 Å². The first-order valence-electron chi connectivity index (χ1n) is 4.51. The Labute approximate surface area is 91.2 Å². The number of hydrogen-bond donors (Lipinski definition) is 2. The van der Waals surface area contributed by atoms with Gasteiger partial charge in [0.25, 0.3) is 5.24 Å². The van der Waals surface area contributed by atoms with E-state index in [1.807, 2.05) is 18.2 Å². The van der Waals surface area contributed by atoms with Crippen molar-refractivity contribution >= 4 is 28.6 Å². The van der Waals surface area contributed by atoms with E-state index in [0.717, 1.165) is 17.3 Å². The molecule has 1 saturated heterocycles. The number of carbonyl (C=O) groups is 2. The number of thioether (sulfide) groups is 1. The number of nitrogens with two attached hydrogens (primary N) is 1. The van der Waals surface area contributed by atoms with Crippen molar-refractivity contribution in [3.05, 3.63) is 29.8 Å². The van der Waals surface area contributed by atoms with Crippen LogP contribution in [-0.4, -0.2) is 16.4 Å². The van der Waals surface area contributed by atoms with Gasteiger partial charge in [0, 0.05) is 5.69 Å². The maximum Gasteiger partial charge on any atom is 0.286 e. The Hall–Kier alpha value is -1.49. The van der Waals surface area contributed by atoms with Gasteiger partial charge in [-0.25, -0.2) is 0 Å². The van der Waals surface area contributed by atoms with Gasteiger partial charge in [0.15, 0.2) is 0 Å². The molecular weight excluding hydrogens is 212 g/mol. The molecule has 1 atom stereocenters. The van der Waals surface area contributed by atoms with Crippen LogP contribution in [0.4, 0.5) is 10.5 Å². The average molecular weight is 222 g/mol. The summed E-state index contributed by atoms with van der Waals surface area (Å²) in [6.45, 7) is 0. The molecule has 1 aromatic carbocycles. The van der Waals surface area contributed by atoms with Crippen molar-refractivity contribution in [3.63, 3.8) is 0 Å². The number of amides is 2. The highest BCUT2D eigenvalue weighted by Gasteiger charge is 2.31. The SMILES string of the molecule is Nc1cccc(C[C@@H]2SC(=O)NC2=O)c1. The molecule has 5 heteroatoms. The number of rotatable bonds is 2.